The van der Waals surface area contributed by atoms with E-state index >= 15 is 0 Å². The zero-order chi connectivity index (χ0) is 27.2. The first-order valence-electron chi connectivity index (χ1n) is 12.2. The van der Waals surface area contributed by atoms with Gasteiger partial charge in [0.15, 0.2) is 5.82 Å². The maximum absolute atomic E-state index is 13.6. The fourth-order valence-corrected chi connectivity index (χ4v) is 4.45. The molecule has 1 aliphatic heterocycles. The van der Waals surface area contributed by atoms with E-state index in [0.717, 1.165) is 0 Å². The number of aromatic nitrogens is 4. The van der Waals surface area contributed by atoms with Gasteiger partial charge >= 0.3 is 5.69 Å². The largest absolute Gasteiger partial charge is 0.390 e. The molecule has 1 saturated heterocycles. The summed E-state index contributed by atoms with van der Waals surface area (Å²) in [4.78, 5) is 23.7. The number of halogens is 3. The van der Waals surface area contributed by atoms with Crippen molar-refractivity contribution in [1.82, 2.24) is 19.1 Å². The van der Waals surface area contributed by atoms with Crippen LogP contribution in [0.4, 0.5) is 26.2 Å². The summed E-state index contributed by atoms with van der Waals surface area (Å²) < 4.78 is 30.2. The van der Waals surface area contributed by atoms with E-state index in [2.05, 4.69) is 15.3 Å². The number of hydrogen-bond acceptors (Lipinski definition) is 7. The molecule has 12 heteroatoms. The van der Waals surface area contributed by atoms with Gasteiger partial charge in [-0.2, -0.15) is 4.98 Å². The highest BCUT2D eigenvalue weighted by atomic mass is 35.5. The van der Waals surface area contributed by atoms with E-state index < -0.39 is 17.1 Å². The number of aliphatic hydroxyl groups is 2. The summed E-state index contributed by atoms with van der Waals surface area (Å²) in [7, 11) is 0. The summed E-state index contributed by atoms with van der Waals surface area (Å²) in [6.45, 7) is 7.28. The van der Waals surface area contributed by atoms with Crippen LogP contribution >= 0.6 is 11.6 Å². The van der Waals surface area contributed by atoms with Gasteiger partial charge in [-0.3, -0.25) is 9.13 Å². The lowest BCUT2D eigenvalue weighted by Crippen LogP contribution is -2.40. The van der Waals surface area contributed by atoms with Crippen molar-refractivity contribution in [2.75, 3.05) is 23.3 Å². The zero-order valence-electron chi connectivity index (χ0n) is 21.4. The maximum Gasteiger partial charge on any atom is 0.329 e. The van der Waals surface area contributed by atoms with Gasteiger partial charge in [-0.05, 0) is 52.3 Å². The summed E-state index contributed by atoms with van der Waals surface area (Å²) in [6.07, 6.45) is 1.25. The second-order valence-electron chi connectivity index (χ2n) is 10.9. The highest BCUT2D eigenvalue weighted by Crippen LogP contribution is 2.31. The van der Waals surface area contributed by atoms with Crippen molar-refractivity contribution >= 4 is 40.1 Å². The van der Waals surface area contributed by atoms with Crippen molar-refractivity contribution in [2.24, 2.45) is 0 Å². The van der Waals surface area contributed by atoms with Crippen LogP contribution in [0.2, 0.25) is 5.02 Å². The Bertz CT molecular complexity index is 1330. The fourth-order valence-electron chi connectivity index (χ4n) is 4.31. The molecular weight excluding hydrogens is 506 g/mol. The van der Waals surface area contributed by atoms with E-state index in [9.17, 15) is 23.8 Å². The Hall–Kier alpha value is -2.76. The van der Waals surface area contributed by atoms with Crippen LogP contribution in [0.25, 0.3) is 11.0 Å². The first-order chi connectivity index (χ1) is 17.1. The van der Waals surface area contributed by atoms with Gasteiger partial charge in [0.2, 0.25) is 5.95 Å². The van der Waals surface area contributed by atoms with Gasteiger partial charge in [0, 0.05) is 38.2 Å². The lowest BCUT2D eigenvalue weighted by Gasteiger charge is -2.31. The van der Waals surface area contributed by atoms with E-state index in [1.54, 1.807) is 55.4 Å². The molecule has 3 N–H and O–H groups in total. The monoisotopic (exact) mass is 538 g/mol. The number of benzene rings is 1. The maximum atomic E-state index is 13.6. The average molecular weight is 539 g/mol. The highest BCUT2D eigenvalue weighted by molar-refractivity contribution is 6.32. The van der Waals surface area contributed by atoms with E-state index in [4.69, 9.17) is 11.6 Å². The molecule has 37 heavy (non-hydrogen) atoms. The fraction of sp³-hybridized carbons (Fsp3) is 0.560. The lowest BCUT2D eigenvalue weighted by molar-refractivity contribution is -0.0222. The number of aryl methyl sites for hydroxylation is 1. The minimum atomic E-state index is -2.68. The normalized spacial score (nSPS) is 16.4. The molecule has 1 aromatic carbocycles. The molecule has 3 aromatic rings. The number of rotatable bonds is 8. The quantitative estimate of drug-likeness (QED) is 0.395. The number of hydrogen-bond donors (Lipinski definition) is 3. The molecule has 0 radical (unpaired) electrons. The van der Waals surface area contributed by atoms with Crippen LogP contribution in [-0.2, 0) is 13.1 Å². The van der Waals surface area contributed by atoms with Crippen LogP contribution in [0.3, 0.4) is 0 Å². The standard InChI is InChI=1S/C25H33ClF2N6O3/c1-23(2,36)7-12-33-19-13-16(5-6-18(19)34(22(33)35)15-24(3,4)37)30-20-17(26)14-29-21(31-20)32-10-8-25(27,28)9-11-32/h5-6,13-14,36-37H,7-12,15H2,1-4H3,(H,29,30,31). The number of alkyl halides is 2. The Balaban J connectivity index is 1.68. The summed E-state index contributed by atoms with van der Waals surface area (Å²) in [5.41, 5.74) is -0.517. The predicted molar refractivity (Wildman–Crippen MR) is 140 cm³/mol. The Kier molecular flexibility index (Phi) is 7.26. The van der Waals surface area contributed by atoms with Crippen molar-refractivity contribution in [2.45, 2.75) is 77.2 Å². The second-order valence-corrected chi connectivity index (χ2v) is 11.3. The van der Waals surface area contributed by atoms with Crippen molar-refractivity contribution in [3.63, 3.8) is 0 Å². The molecule has 9 nitrogen and oxygen atoms in total. The third-order valence-electron chi connectivity index (χ3n) is 6.28. The van der Waals surface area contributed by atoms with Crippen LogP contribution in [0, 0.1) is 0 Å². The molecule has 202 valence electrons. The number of anilines is 3. The molecule has 2 aromatic heterocycles. The second kappa shape index (κ2) is 9.85. The summed E-state index contributed by atoms with van der Waals surface area (Å²) in [5.74, 6) is -2.06. The van der Waals surface area contributed by atoms with Crippen molar-refractivity contribution < 1.29 is 19.0 Å². The third kappa shape index (κ3) is 6.58. The molecule has 0 saturated carbocycles. The minimum Gasteiger partial charge on any atom is -0.390 e. The molecule has 0 unspecified atom stereocenters. The number of nitrogens with one attached hydrogen (secondary N) is 1. The third-order valence-corrected chi connectivity index (χ3v) is 6.56. The van der Waals surface area contributed by atoms with E-state index in [1.165, 1.54) is 10.8 Å². The number of nitrogens with zero attached hydrogens (tertiary/aromatic N) is 5. The summed E-state index contributed by atoms with van der Waals surface area (Å²) >= 11 is 6.34. The van der Waals surface area contributed by atoms with Crippen LogP contribution in [0.5, 0.6) is 0 Å². The van der Waals surface area contributed by atoms with Gasteiger partial charge in [-0.1, -0.05) is 11.6 Å². The molecule has 3 heterocycles. The van der Waals surface area contributed by atoms with Crippen LogP contribution in [0.15, 0.2) is 29.2 Å². The number of imidazole rings is 1. The van der Waals surface area contributed by atoms with Crippen LogP contribution < -0.4 is 15.9 Å². The SMILES string of the molecule is CC(C)(O)CCn1c(=O)n(CC(C)(C)O)c2ccc(Nc3nc(N4CCC(F)(F)CC4)ncc3Cl)cc21. The lowest BCUT2D eigenvalue weighted by atomic mass is 10.1. The van der Waals surface area contributed by atoms with Gasteiger partial charge in [0.1, 0.15) is 5.02 Å². The first kappa shape index (κ1) is 27.3. The molecule has 1 aliphatic rings. The Morgan fingerprint density at radius 1 is 1.08 bits per heavy atom. The molecular formula is C25H33ClF2N6O3. The summed E-state index contributed by atoms with van der Waals surface area (Å²) in [6, 6.07) is 5.32. The molecule has 0 atom stereocenters. The Morgan fingerprint density at radius 3 is 2.38 bits per heavy atom. The van der Waals surface area contributed by atoms with Crippen molar-refractivity contribution in [3.05, 3.63) is 39.9 Å². The minimum absolute atomic E-state index is 0.0978. The van der Waals surface area contributed by atoms with E-state index in [1.807, 2.05) is 0 Å². The molecule has 0 amide bonds. The molecule has 4 rings (SSSR count). The topological polar surface area (TPSA) is 108 Å². The van der Waals surface area contributed by atoms with E-state index in [0.29, 0.717) is 34.9 Å². The van der Waals surface area contributed by atoms with Crippen LogP contribution in [-0.4, -0.2) is 59.5 Å². The molecule has 0 spiro atoms. The van der Waals surface area contributed by atoms with Gasteiger partial charge in [-0.15, -0.1) is 0 Å². The van der Waals surface area contributed by atoms with Gasteiger partial charge < -0.3 is 20.4 Å². The molecule has 0 bridgehead atoms. The van der Waals surface area contributed by atoms with E-state index in [-0.39, 0.29) is 49.7 Å². The van der Waals surface area contributed by atoms with Gasteiger partial charge in [0.05, 0.1) is 35.0 Å². The smallest absolute Gasteiger partial charge is 0.329 e. The number of fused-ring (bicyclic) bond motifs is 1. The Morgan fingerprint density at radius 2 is 1.76 bits per heavy atom. The highest BCUT2D eigenvalue weighted by Gasteiger charge is 2.35. The first-order valence-corrected chi connectivity index (χ1v) is 12.6. The predicted octanol–water partition coefficient (Wildman–Crippen LogP) is 4.16. The van der Waals surface area contributed by atoms with Crippen LogP contribution in [0.1, 0.15) is 47.0 Å². The van der Waals surface area contributed by atoms with Crippen molar-refractivity contribution in [1.29, 1.82) is 0 Å². The molecule has 0 aliphatic carbocycles. The number of piperidine rings is 1. The molecule has 1 fully saturated rings. The average Bonchev–Trinajstić information content (AvgIpc) is 3.02. The Labute approximate surface area is 218 Å². The summed E-state index contributed by atoms with van der Waals surface area (Å²) in [5, 5.41) is 24.0. The van der Waals surface area contributed by atoms with Gasteiger partial charge in [-0.25, -0.2) is 18.6 Å². The van der Waals surface area contributed by atoms with Gasteiger partial charge in [0.25, 0.3) is 5.92 Å². The zero-order valence-corrected chi connectivity index (χ0v) is 22.2. The van der Waals surface area contributed by atoms with Crippen molar-refractivity contribution in [3.8, 4) is 0 Å².